The van der Waals surface area contributed by atoms with Crippen LogP contribution in [0.5, 0.6) is 0 Å². The van der Waals surface area contributed by atoms with Gasteiger partial charge in [-0.1, -0.05) is 13.8 Å². The molecule has 0 aliphatic rings. The third-order valence-corrected chi connectivity index (χ3v) is 2.41. The van der Waals surface area contributed by atoms with Crippen molar-refractivity contribution in [2.45, 2.75) is 33.1 Å². The topological polar surface area (TPSA) is 55.6 Å². The molecular formula is C12H26N2O2. The first-order chi connectivity index (χ1) is 7.52. The van der Waals surface area contributed by atoms with E-state index in [1.165, 1.54) is 6.42 Å². The fraction of sp³-hybridized carbons (Fsp3) is 0.917. The molecule has 4 nitrogen and oxygen atoms in total. The van der Waals surface area contributed by atoms with Crippen molar-refractivity contribution in [2.75, 3.05) is 33.4 Å². The number of unbranched alkanes of at least 4 members (excludes halogenated alkanes) is 1. The minimum Gasteiger partial charge on any atom is -0.372 e. The van der Waals surface area contributed by atoms with E-state index in [9.17, 15) is 4.79 Å². The van der Waals surface area contributed by atoms with Crippen LogP contribution in [-0.4, -0.2) is 44.2 Å². The Balaban J connectivity index is 3.21. The second-order valence-corrected chi connectivity index (χ2v) is 4.71. The van der Waals surface area contributed by atoms with Crippen molar-refractivity contribution in [3.63, 3.8) is 0 Å². The van der Waals surface area contributed by atoms with E-state index >= 15 is 0 Å². The maximum absolute atomic E-state index is 10.4. The van der Waals surface area contributed by atoms with Gasteiger partial charge in [0.15, 0.2) is 0 Å². The molecule has 0 spiro atoms. The summed E-state index contributed by atoms with van der Waals surface area (Å²) in [6.45, 7) is 7.40. The summed E-state index contributed by atoms with van der Waals surface area (Å²) < 4.78 is 5.08. The number of primary amides is 1. The molecule has 0 aromatic heterocycles. The zero-order chi connectivity index (χ0) is 12.4. The standard InChI is InChI=1S/C12H26N2O2/c1-11(2)6-8-14(3)7-4-5-9-16-10-12(13)15/h11H,4-10H2,1-3H3,(H2,13,15). The summed E-state index contributed by atoms with van der Waals surface area (Å²) in [5.41, 5.74) is 4.95. The van der Waals surface area contributed by atoms with Gasteiger partial charge in [0, 0.05) is 6.61 Å². The number of rotatable bonds is 10. The normalized spacial score (nSPS) is 11.3. The highest BCUT2D eigenvalue weighted by Gasteiger charge is 2.00. The molecule has 96 valence electrons. The third-order valence-electron chi connectivity index (χ3n) is 2.41. The lowest BCUT2D eigenvalue weighted by Crippen LogP contribution is -2.22. The van der Waals surface area contributed by atoms with Crippen LogP contribution in [0.1, 0.15) is 33.1 Å². The number of nitrogens with zero attached hydrogens (tertiary/aromatic N) is 1. The number of hydrogen-bond donors (Lipinski definition) is 1. The molecule has 0 aliphatic carbocycles. The van der Waals surface area contributed by atoms with Gasteiger partial charge in [0.2, 0.25) is 5.91 Å². The minimum atomic E-state index is -0.394. The average molecular weight is 230 g/mol. The lowest BCUT2D eigenvalue weighted by atomic mass is 10.1. The number of carbonyl (C=O) groups is 1. The SMILES string of the molecule is CC(C)CCN(C)CCCCOCC(N)=O. The molecule has 0 saturated carbocycles. The second-order valence-electron chi connectivity index (χ2n) is 4.71. The zero-order valence-electron chi connectivity index (χ0n) is 10.9. The first-order valence-electron chi connectivity index (χ1n) is 6.07. The molecule has 0 atom stereocenters. The average Bonchev–Trinajstić information content (AvgIpc) is 2.19. The number of nitrogens with two attached hydrogens (primary N) is 1. The summed E-state index contributed by atoms with van der Waals surface area (Å²) in [6, 6.07) is 0. The van der Waals surface area contributed by atoms with Crippen LogP contribution in [0.25, 0.3) is 0 Å². The fourth-order valence-corrected chi connectivity index (χ4v) is 1.35. The molecule has 0 unspecified atom stereocenters. The molecule has 0 aromatic rings. The van der Waals surface area contributed by atoms with E-state index in [4.69, 9.17) is 10.5 Å². The molecule has 1 amide bonds. The highest BCUT2D eigenvalue weighted by atomic mass is 16.5. The molecule has 0 saturated heterocycles. The molecule has 4 heteroatoms. The maximum Gasteiger partial charge on any atom is 0.243 e. The molecule has 0 fully saturated rings. The van der Waals surface area contributed by atoms with E-state index in [2.05, 4.69) is 25.8 Å². The molecule has 16 heavy (non-hydrogen) atoms. The van der Waals surface area contributed by atoms with Crippen LogP contribution in [-0.2, 0) is 9.53 Å². The fourth-order valence-electron chi connectivity index (χ4n) is 1.35. The zero-order valence-corrected chi connectivity index (χ0v) is 10.9. The van der Waals surface area contributed by atoms with Crippen LogP contribution in [0, 0.1) is 5.92 Å². The molecule has 0 rings (SSSR count). The summed E-state index contributed by atoms with van der Waals surface area (Å²) in [7, 11) is 2.15. The van der Waals surface area contributed by atoms with Crippen molar-refractivity contribution >= 4 is 5.91 Å². The number of amides is 1. The number of ether oxygens (including phenoxy) is 1. The predicted molar refractivity (Wildman–Crippen MR) is 66.2 cm³/mol. The molecular weight excluding hydrogens is 204 g/mol. The van der Waals surface area contributed by atoms with Crippen LogP contribution in [0.2, 0.25) is 0 Å². The Morgan fingerprint density at radius 3 is 2.56 bits per heavy atom. The number of carbonyl (C=O) groups excluding carboxylic acids is 1. The van der Waals surface area contributed by atoms with E-state index in [1.54, 1.807) is 0 Å². The molecule has 0 heterocycles. The lowest BCUT2D eigenvalue weighted by molar-refractivity contribution is -0.122. The molecule has 0 aliphatic heterocycles. The molecule has 0 radical (unpaired) electrons. The van der Waals surface area contributed by atoms with Gasteiger partial charge >= 0.3 is 0 Å². The van der Waals surface area contributed by atoms with Crippen LogP contribution in [0.3, 0.4) is 0 Å². The quantitative estimate of drug-likeness (QED) is 0.575. The molecule has 0 bridgehead atoms. The maximum atomic E-state index is 10.4. The Morgan fingerprint density at radius 2 is 2.00 bits per heavy atom. The van der Waals surface area contributed by atoms with Crippen molar-refractivity contribution < 1.29 is 9.53 Å². The van der Waals surface area contributed by atoms with Gasteiger partial charge in [-0.25, -0.2) is 0 Å². The Labute approximate surface area is 99.1 Å². The van der Waals surface area contributed by atoms with Gasteiger partial charge < -0.3 is 15.4 Å². The smallest absolute Gasteiger partial charge is 0.243 e. The number of hydrogen-bond acceptors (Lipinski definition) is 3. The van der Waals surface area contributed by atoms with Crippen molar-refractivity contribution in [1.29, 1.82) is 0 Å². The van der Waals surface area contributed by atoms with Gasteiger partial charge in [-0.3, -0.25) is 4.79 Å². The summed E-state index contributed by atoms with van der Waals surface area (Å²) in [5.74, 6) is 0.371. The van der Waals surface area contributed by atoms with Gasteiger partial charge in [0.05, 0.1) is 0 Å². The van der Waals surface area contributed by atoms with Crippen molar-refractivity contribution in [1.82, 2.24) is 4.90 Å². The Morgan fingerprint density at radius 1 is 1.31 bits per heavy atom. The monoisotopic (exact) mass is 230 g/mol. The van der Waals surface area contributed by atoms with Crippen LogP contribution in [0.15, 0.2) is 0 Å². The third kappa shape index (κ3) is 11.5. The van der Waals surface area contributed by atoms with Crippen molar-refractivity contribution in [2.24, 2.45) is 11.7 Å². The van der Waals surface area contributed by atoms with Gasteiger partial charge in [0.1, 0.15) is 6.61 Å². The highest BCUT2D eigenvalue weighted by Crippen LogP contribution is 2.01. The summed E-state index contributed by atoms with van der Waals surface area (Å²) in [6.07, 6.45) is 3.33. The van der Waals surface area contributed by atoms with Gasteiger partial charge in [-0.15, -0.1) is 0 Å². The summed E-state index contributed by atoms with van der Waals surface area (Å²) in [4.78, 5) is 12.7. The van der Waals surface area contributed by atoms with Crippen LogP contribution >= 0.6 is 0 Å². The highest BCUT2D eigenvalue weighted by molar-refractivity contribution is 5.74. The van der Waals surface area contributed by atoms with Gasteiger partial charge in [-0.2, -0.15) is 0 Å². The summed E-state index contributed by atoms with van der Waals surface area (Å²) in [5, 5.41) is 0. The summed E-state index contributed by atoms with van der Waals surface area (Å²) >= 11 is 0. The van der Waals surface area contributed by atoms with Crippen molar-refractivity contribution in [3.8, 4) is 0 Å². The first kappa shape index (κ1) is 15.4. The van der Waals surface area contributed by atoms with E-state index < -0.39 is 5.91 Å². The minimum absolute atomic E-state index is 0.0448. The van der Waals surface area contributed by atoms with E-state index in [1.807, 2.05) is 0 Å². The molecule has 0 aromatic carbocycles. The van der Waals surface area contributed by atoms with Gasteiger partial charge in [0.25, 0.3) is 0 Å². The Bertz CT molecular complexity index is 184. The Kier molecular flexibility index (Phi) is 9.24. The van der Waals surface area contributed by atoms with Crippen LogP contribution in [0.4, 0.5) is 0 Å². The molecule has 2 N–H and O–H groups in total. The first-order valence-corrected chi connectivity index (χ1v) is 6.07. The predicted octanol–water partition coefficient (Wildman–Crippen LogP) is 1.25. The lowest BCUT2D eigenvalue weighted by Gasteiger charge is -2.17. The van der Waals surface area contributed by atoms with E-state index in [0.29, 0.717) is 6.61 Å². The van der Waals surface area contributed by atoms with E-state index in [0.717, 1.165) is 31.8 Å². The van der Waals surface area contributed by atoms with E-state index in [-0.39, 0.29) is 6.61 Å². The van der Waals surface area contributed by atoms with Gasteiger partial charge in [-0.05, 0) is 45.3 Å². The second kappa shape index (κ2) is 9.60. The van der Waals surface area contributed by atoms with Crippen LogP contribution < -0.4 is 5.73 Å². The Hall–Kier alpha value is -0.610. The largest absolute Gasteiger partial charge is 0.372 e. The van der Waals surface area contributed by atoms with Crippen molar-refractivity contribution in [3.05, 3.63) is 0 Å².